The summed E-state index contributed by atoms with van der Waals surface area (Å²) in [6, 6.07) is 0. The van der Waals surface area contributed by atoms with E-state index in [4.69, 9.17) is 9.15 Å². The number of esters is 1. The first-order chi connectivity index (χ1) is 11.0. The minimum atomic E-state index is -0.373. The van der Waals surface area contributed by atoms with Crippen molar-refractivity contribution >= 4 is 22.9 Å². The second-order valence-electron chi connectivity index (χ2n) is 6.22. The van der Waals surface area contributed by atoms with E-state index in [1.165, 1.54) is 6.42 Å². The summed E-state index contributed by atoms with van der Waals surface area (Å²) < 4.78 is 10.9. The highest BCUT2D eigenvalue weighted by atomic mass is 16.5. The van der Waals surface area contributed by atoms with Crippen LogP contribution in [0.25, 0.3) is 11.1 Å². The molecule has 124 valence electrons. The molecule has 3 rings (SSSR count). The summed E-state index contributed by atoms with van der Waals surface area (Å²) in [5.41, 5.74) is 0.918. The number of carbonyl (C=O) groups is 1. The SMILES string of the molecule is CCOC(=O)c1c(C)oc2nc(C)nc(N3CCC[C@@H](C)C3)c12. The molecule has 1 atom stereocenters. The zero-order valence-corrected chi connectivity index (χ0v) is 14.2. The third-order valence-corrected chi connectivity index (χ3v) is 4.26. The molecule has 23 heavy (non-hydrogen) atoms. The first-order valence-corrected chi connectivity index (χ1v) is 8.21. The number of ether oxygens (including phenoxy) is 1. The third-order valence-electron chi connectivity index (χ3n) is 4.26. The monoisotopic (exact) mass is 317 g/mol. The molecule has 6 heteroatoms. The van der Waals surface area contributed by atoms with Crippen LogP contribution in [0.3, 0.4) is 0 Å². The number of furan rings is 1. The highest BCUT2D eigenvalue weighted by Crippen LogP contribution is 2.34. The second-order valence-corrected chi connectivity index (χ2v) is 6.22. The smallest absolute Gasteiger partial charge is 0.342 e. The summed E-state index contributed by atoms with van der Waals surface area (Å²) in [6.07, 6.45) is 2.34. The van der Waals surface area contributed by atoms with Gasteiger partial charge in [0.2, 0.25) is 5.71 Å². The number of aromatic nitrogens is 2. The Balaban J connectivity index is 2.17. The highest BCUT2D eigenvalue weighted by molar-refractivity contribution is 6.08. The van der Waals surface area contributed by atoms with Gasteiger partial charge in [-0.05, 0) is 39.5 Å². The molecule has 2 aromatic rings. The van der Waals surface area contributed by atoms with Crippen molar-refractivity contribution in [3.05, 3.63) is 17.1 Å². The Morgan fingerprint density at radius 3 is 2.87 bits per heavy atom. The van der Waals surface area contributed by atoms with Gasteiger partial charge in [-0.15, -0.1) is 0 Å². The number of hydrogen-bond acceptors (Lipinski definition) is 6. The van der Waals surface area contributed by atoms with E-state index in [0.717, 1.165) is 25.3 Å². The fourth-order valence-corrected chi connectivity index (χ4v) is 3.26. The summed E-state index contributed by atoms with van der Waals surface area (Å²) >= 11 is 0. The van der Waals surface area contributed by atoms with Gasteiger partial charge in [0, 0.05) is 13.1 Å². The summed E-state index contributed by atoms with van der Waals surface area (Å²) in [4.78, 5) is 23.6. The number of aryl methyl sites for hydroxylation is 2. The molecule has 0 N–H and O–H groups in total. The zero-order valence-electron chi connectivity index (χ0n) is 14.2. The van der Waals surface area contributed by atoms with Crippen molar-refractivity contribution in [1.82, 2.24) is 9.97 Å². The predicted octanol–water partition coefficient (Wildman–Crippen LogP) is 3.25. The molecular weight excluding hydrogens is 294 g/mol. The number of piperidine rings is 1. The topological polar surface area (TPSA) is 68.5 Å². The molecule has 3 heterocycles. The van der Waals surface area contributed by atoms with Crippen molar-refractivity contribution in [3.63, 3.8) is 0 Å². The molecule has 0 aliphatic carbocycles. The van der Waals surface area contributed by atoms with Crippen LogP contribution < -0.4 is 4.90 Å². The molecule has 0 amide bonds. The maximum absolute atomic E-state index is 12.4. The quantitative estimate of drug-likeness (QED) is 0.809. The van der Waals surface area contributed by atoms with Crippen molar-refractivity contribution in [2.24, 2.45) is 5.92 Å². The normalized spacial score (nSPS) is 18.4. The third kappa shape index (κ3) is 2.90. The van der Waals surface area contributed by atoms with Gasteiger partial charge >= 0.3 is 5.97 Å². The summed E-state index contributed by atoms with van der Waals surface area (Å²) in [5, 5.41) is 0.681. The molecule has 1 fully saturated rings. The Bertz CT molecular complexity index is 738. The molecule has 1 saturated heterocycles. The van der Waals surface area contributed by atoms with E-state index in [2.05, 4.69) is 21.8 Å². The van der Waals surface area contributed by atoms with Crippen molar-refractivity contribution in [3.8, 4) is 0 Å². The first kappa shape index (κ1) is 15.8. The van der Waals surface area contributed by atoms with Gasteiger partial charge in [-0.3, -0.25) is 0 Å². The van der Waals surface area contributed by atoms with Crippen LogP contribution >= 0.6 is 0 Å². The van der Waals surface area contributed by atoms with E-state index in [1.54, 1.807) is 13.8 Å². The zero-order chi connectivity index (χ0) is 16.6. The van der Waals surface area contributed by atoms with E-state index in [-0.39, 0.29) is 5.97 Å². The summed E-state index contributed by atoms with van der Waals surface area (Å²) in [7, 11) is 0. The number of hydrogen-bond donors (Lipinski definition) is 0. The Morgan fingerprint density at radius 1 is 1.39 bits per heavy atom. The number of anilines is 1. The van der Waals surface area contributed by atoms with Gasteiger partial charge in [0.25, 0.3) is 0 Å². The fourth-order valence-electron chi connectivity index (χ4n) is 3.26. The molecule has 1 aliphatic rings. The average Bonchev–Trinajstić information content (AvgIpc) is 2.82. The van der Waals surface area contributed by atoms with Crippen LogP contribution in [-0.4, -0.2) is 35.6 Å². The number of fused-ring (bicyclic) bond motifs is 1. The minimum Gasteiger partial charge on any atom is -0.462 e. The average molecular weight is 317 g/mol. The van der Waals surface area contributed by atoms with E-state index >= 15 is 0 Å². The van der Waals surface area contributed by atoms with Crippen molar-refractivity contribution in [2.75, 3.05) is 24.6 Å². The van der Waals surface area contributed by atoms with Crippen LogP contribution in [-0.2, 0) is 4.74 Å². The Morgan fingerprint density at radius 2 is 2.17 bits per heavy atom. The molecule has 0 unspecified atom stereocenters. The molecule has 0 saturated carbocycles. The maximum atomic E-state index is 12.4. The highest BCUT2D eigenvalue weighted by Gasteiger charge is 2.28. The molecule has 1 aliphatic heterocycles. The van der Waals surface area contributed by atoms with Gasteiger partial charge < -0.3 is 14.1 Å². The lowest BCUT2D eigenvalue weighted by Crippen LogP contribution is -2.35. The van der Waals surface area contributed by atoms with Crippen LogP contribution in [0.1, 0.15) is 48.6 Å². The standard InChI is InChI=1S/C17H23N3O3/c1-5-22-17(21)13-11(3)23-16-14(13)15(18-12(4)19-16)20-8-6-7-10(2)9-20/h10H,5-9H2,1-4H3/t10-/m1/s1. The lowest BCUT2D eigenvalue weighted by molar-refractivity contribution is 0.0526. The van der Waals surface area contributed by atoms with Gasteiger partial charge in [0.1, 0.15) is 23.0 Å². The van der Waals surface area contributed by atoms with Gasteiger partial charge in [-0.25, -0.2) is 9.78 Å². The Labute approximate surface area is 135 Å². The molecule has 6 nitrogen and oxygen atoms in total. The molecule has 0 aromatic carbocycles. The first-order valence-electron chi connectivity index (χ1n) is 8.21. The predicted molar refractivity (Wildman–Crippen MR) is 87.8 cm³/mol. The largest absolute Gasteiger partial charge is 0.462 e. The molecule has 0 spiro atoms. The molecule has 0 bridgehead atoms. The van der Waals surface area contributed by atoms with Crippen LogP contribution in [0.2, 0.25) is 0 Å². The lowest BCUT2D eigenvalue weighted by atomic mass is 10.00. The van der Waals surface area contributed by atoms with Crippen molar-refractivity contribution < 1.29 is 13.9 Å². The lowest BCUT2D eigenvalue weighted by Gasteiger charge is -2.32. The maximum Gasteiger partial charge on any atom is 0.342 e. The van der Waals surface area contributed by atoms with Crippen molar-refractivity contribution in [1.29, 1.82) is 0 Å². The van der Waals surface area contributed by atoms with Gasteiger partial charge in [0.15, 0.2) is 0 Å². The van der Waals surface area contributed by atoms with Crippen molar-refractivity contribution in [2.45, 2.75) is 40.5 Å². The van der Waals surface area contributed by atoms with E-state index in [9.17, 15) is 4.79 Å². The number of rotatable bonds is 3. The minimum absolute atomic E-state index is 0.327. The van der Waals surface area contributed by atoms with Gasteiger partial charge in [-0.1, -0.05) is 6.92 Å². The fraction of sp³-hybridized carbons (Fsp3) is 0.588. The summed E-state index contributed by atoms with van der Waals surface area (Å²) in [6.45, 7) is 9.84. The molecule has 2 aromatic heterocycles. The van der Waals surface area contributed by atoms with Crippen LogP contribution in [0.4, 0.5) is 5.82 Å². The molecular formula is C17H23N3O3. The second kappa shape index (κ2) is 6.18. The van der Waals surface area contributed by atoms with Crippen LogP contribution in [0.15, 0.2) is 4.42 Å². The summed E-state index contributed by atoms with van der Waals surface area (Å²) in [5.74, 6) is 2.20. The van der Waals surface area contributed by atoms with Crippen LogP contribution in [0, 0.1) is 19.8 Å². The Kier molecular flexibility index (Phi) is 4.24. The van der Waals surface area contributed by atoms with E-state index in [1.807, 2.05) is 6.92 Å². The number of carbonyl (C=O) groups excluding carboxylic acids is 1. The number of nitrogens with zero attached hydrogens (tertiary/aromatic N) is 3. The van der Waals surface area contributed by atoms with Gasteiger partial charge in [-0.2, -0.15) is 4.98 Å². The molecule has 0 radical (unpaired) electrons. The van der Waals surface area contributed by atoms with E-state index < -0.39 is 0 Å². The van der Waals surface area contributed by atoms with Crippen LogP contribution in [0.5, 0.6) is 0 Å². The Hall–Kier alpha value is -2.11. The van der Waals surface area contributed by atoms with Gasteiger partial charge in [0.05, 0.1) is 12.0 Å². The van der Waals surface area contributed by atoms with E-state index in [0.29, 0.717) is 40.8 Å².